The number of benzene rings is 1. The average molecular weight is 315 g/mol. The van der Waals surface area contributed by atoms with Gasteiger partial charge in [-0.2, -0.15) is 0 Å². The molecule has 1 aromatic heterocycles. The number of aromatic nitrogens is 1. The number of aromatic carboxylic acids is 1. The first-order valence-corrected chi connectivity index (χ1v) is 7.95. The van der Waals surface area contributed by atoms with Crippen LogP contribution in [-0.2, 0) is 0 Å². The Labute approximate surface area is 133 Å². The zero-order chi connectivity index (χ0) is 16.3. The molecule has 5 heteroatoms. The summed E-state index contributed by atoms with van der Waals surface area (Å²) in [6, 6.07) is 7.86. The number of carboxylic acid groups (broad SMARTS) is 1. The van der Waals surface area contributed by atoms with E-state index in [1.165, 1.54) is 6.08 Å². The highest BCUT2D eigenvalue weighted by Crippen LogP contribution is 2.20. The van der Waals surface area contributed by atoms with Gasteiger partial charge in [-0.05, 0) is 49.4 Å². The standard InChI is InChI=1S/C17H17NO3S/c1-10-15(11(2)18-16(10)17(20)21)14(19)9-6-12-4-7-13(22-3)8-5-12/h4-9,18H,1-3H3,(H,20,21)/b9-6+. The van der Waals surface area contributed by atoms with Gasteiger partial charge in [0.05, 0.1) is 0 Å². The van der Waals surface area contributed by atoms with Crippen molar-refractivity contribution in [3.05, 3.63) is 58.4 Å². The lowest BCUT2D eigenvalue weighted by atomic mass is 10.0. The number of nitrogens with one attached hydrogen (secondary N) is 1. The maximum atomic E-state index is 12.3. The van der Waals surface area contributed by atoms with Crippen molar-refractivity contribution in [3.8, 4) is 0 Å². The maximum Gasteiger partial charge on any atom is 0.352 e. The van der Waals surface area contributed by atoms with Crippen LogP contribution in [0, 0.1) is 13.8 Å². The number of carbonyl (C=O) groups excluding carboxylic acids is 1. The predicted octanol–water partition coefficient (Wildman–Crippen LogP) is 3.95. The number of aromatic amines is 1. The smallest absolute Gasteiger partial charge is 0.352 e. The third-order valence-electron chi connectivity index (χ3n) is 3.44. The highest BCUT2D eigenvalue weighted by Gasteiger charge is 2.19. The van der Waals surface area contributed by atoms with Crippen LogP contribution in [0.15, 0.2) is 35.2 Å². The molecule has 2 aromatic rings. The molecule has 0 unspecified atom stereocenters. The summed E-state index contributed by atoms with van der Waals surface area (Å²) in [6.07, 6.45) is 5.22. The first kappa shape index (κ1) is 16.1. The summed E-state index contributed by atoms with van der Waals surface area (Å²) < 4.78 is 0. The van der Waals surface area contributed by atoms with Gasteiger partial charge in [0.1, 0.15) is 5.69 Å². The zero-order valence-electron chi connectivity index (χ0n) is 12.6. The van der Waals surface area contributed by atoms with Crippen LogP contribution in [0.3, 0.4) is 0 Å². The Balaban J connectivity index is 2.25. The van der Waals surface area contributed by atoms with Crippen LogP contribution >= 0.6 is 11.8 Å². The van der Waals surface area contributed by atoms with Gasteiger partial charge in [0.2, 0.25) is 0 Å². The molecular formula is C17H17NO3S. The Bertz CT molecular complexity index is 742. The van der Waals surface area contributed by atoms with Crippen LogP contribution in [0.4, 0.5) is 0 Å². The van der Waals surface area contributed by atoms with Crippen LogP contribution in [0.2, 0.25) is 0 Å². The number of thioether (sulfide) groups is 1. The molecule has 1 heterocycles. The molecule has 114 valence electrons. The topological polar surface area (TPSA) is 70.2 Å². The number of H-pyrrole nitrogens is 1. The quantitative estimate of drug-likeness (QED) is 0.498. The number of ketones is 1. The van der Waals surface area contributed by atoms with Gasteiger partial charge in [-0.3, -0.25) is 4.79 Å². The second kappa shape index (κ2) is 6.66. The number of aryl methyl sites for hydroxylation is 1. The molecule has 1 aromatic carbocycles. The van der Waals surface area contributed by atoms with Crippen molar-refractivity contribution in [1.29, 1.82) is 0 Å². The number of carbonyl (C=O) groups is 2. The van der Waals surface area contributed by atoms with E-state index in [4.69, 9.17) is 5.11 Å². The second-order valence-electron chi connectivity index (χ2n) is 4.90. The normalized spacial score (nSPS) is 11.0. The number of hydrogen-bond acceptors (Lipinski definition) is 3. The molecule has 4 nitrogen and oxygen atoms in total. The summed E-state index contributed by atoms with van der Waals surface area (Å²) >= 11 is 1.66. The first-order chi connectivity index (χ1) is 10.4. The third kappa shape index (κ3) is 3.31. The minimum absolute atomic E-state index is 0.0681. The molecule has 0 saturated carbocycles. The third-order valence-corrected chi connectivity index (χ3v) is 4.18. The summed E-state index contributed by atoms with van der Waals surface area (Å²) in [6.45, 7) is 3.34. The highest BCUT2D eigenvalue weighted by molar-refractivity contribution is 7.98. The number of allylic oxidation sites excluding steroid dienone is 1. The molecule has 0 bridgehead atoms. The predicted molar refractivity (Wildman–Crippen MR) is 88.8 cm³/mol. The van der Waals surface area contributed by atoms with E-state index in [0.717, 1.165) is 10.5 Å². The van der Waals surface area contributed by atoms with Crippen LogP contribution in [0.25, 0.3) is 6.08 Å². The summed E-state index contributed by atoms with van der Waals surface area (Å²) in [5.74, 6) is -1.26. The van der Waals surface area contributed by atoms with Crippen molar-refractivity contribution in [1.82, 2.24) is 4.98 Å². The van der Waals surface area contributed by atoms with Gasteiger partial charge in [0.15, 0.2) is 5.78 Å². The fraction of sp³-hybridized carbons (Fsp3) is 0.176. The van der Waals surface area contributed by atoms with Crippen LogP contribution in [-0.4, -0.2) is 28.1 Å². The SMILES string of the molecule is CSc1ccc(/C=C/C(=O)c2c(C)[nH]c(C(=O)O)c2C)cc1. The van der Waals surface area contributed by atoms with E-state index in [1.54, 1.807) is 31.7 Å². The molecule has 0 amide bonds. The molecule has 0 spiro atoms. The molecule has 2 N–H and O–H groups in total. The summed E-state index contributed by atoms with van der Waals surface area (Å²) in [7, 11) is 0. The Hall–Kier alpha value is -2.27. The molecule has 0 atom stereocenters. The molecule has 2 rings (SSSR count). The summed E-state index contributed by atoms with van der Waals surface area (Å²) in [4.78, 5) is 27.3. The molecule has 0 saturated heterocycles. The van der Waals surface area contributed by atoms with Crippen LogP contribution < -0.4 is 0 Å². The largest absolute Gasteiger partial charge is 0.477 e. The average Bonchev–Trinajstić information content (AvgIpc) is 2.80. The van der Waals surface area contributed by atoms with Gasteiger partial charge in [0.25, 0.3) is 0 Å². The molecule has 0 fully saturated rings. The lowest BCUT2D eigenvalue weighted by Gasteiger charge is -1.99. The fourth-order valence-electron chi connectivity index (χ4n) is 2.30. The van der Waals surface area contributed by atoms with Gasteiger partial charge in [0, 0.05) is 16.2 Å². The first-order valence-electron chi connectivity index (χ1n) is 6.73. The molecule has 0 aliphatic carbocycles. The summed E-state index contributed by atoms with van der Waals surface area (Å²) in [5.41, 5.74) is 2.46. The van der Waals surface area contributed by atoms with E-state index >= 15 is 0 Å². The molecule has 0 aliphatic heterocycles. The minimum Gasteiger partial charge on any atom is -0.477 e. The molecule has 22 heavy (non-hydrogen) atoms. The summed E-state index contributed by atoms with van der Waals surface area (Å²) in [5, 5.41) is 9.08. The van der Waals surface area contributed by atoms with E-state index in [2.05, 4.69) is 4.98 Å². The Kier molecular flexibility index (Phi) is 4.88. The van der Waals surface area contributed by atoms with Crippen molar-refractivity contribution in [3.63, 3.8) is 0 Å². The monoisotopic (exact) mass is 315 g/mol. The second-order valence-corrected chi connectivity index (χ2v) is 5.78. The van der Waals surface area contributed by atoms with E-state index < -0.39 is 5.97 Å². The molecular weight excluding hydrogens is 298 g/mol. The number of carboxylic acids is 1. The maximum absolute atomic E-state index is 12.3. The fourth-order valence-corrected chi connectivity index (χ4v) is 2.71. The van der Waals surface area contributed by atoms with Gasteiger partial charge < -0.3 is 10.1 Å². The number of rotatable bonds is 5. The van der Waals surface area contributed by atoms with E-state index in [1.807, 2.05) is 30.5 Å². The van der Waals surface area contributed by atoms with Crippen molar-refractivity contribution >= 4 is 29.6 Å². The van der Waals surface area contributed by atoms with E-state index in [9.17, 15) is 9.59 Å². The van der Waals surface area contributed by atoms with Gasteiger partial charge >= 0.3 is 5.97 Å². The van der Waals surface area contributed by atoms with Crippen LogP contribution in [0.1, 0.15) is 37.7 Å². The van der Waals surface area contributed by atoms with Crippen LogP contribution in [0.5, 0.6) is 0 Å². The van der Waals surface area contributed by atoms with Crippen molar-refractivity contribution in [2.75, 3.05) is 6.26 Å². The van der Waals surface area contributed by atoms with Gasteiger partial charge in [-0.1, -0.05) is 18.2 Å². The molecule has 0 radical (unpaired) electrons. The van der Waals surface area contributed by atoms with Crippen molar-refractivity contribution < 1.29 is 14.7 Å². The zero-order valence-corrected chi connectivity index (χ0v) is 13.5. The highest BCUT2D eigenvalue weighted by atomic mass is 32.2. The lowest BCUT2D eigenvalue weighted by molar-refractivity contribution is 0.0690. The van der Waals surface area contributed by atoms with Crippen molar-refractivity contribution in [2.45, 2.75) is 18.7 Å². The van der Waals surface area contributed by atoms with E-state index in [-0.39, 0.29) is 11.5 Å². The van der Waals surface area contributed by atoms with Gasteiger partial charge in [-0.15, -0.1) is 11.8 Å². The number of hydrogen-bond donors (Lipinski definition) is 2. The van der Waals surface area contributed by atoms with Gasteiger partial charge in [-0.25, -0.2) is 4.79 Å². The lowest BCUT2D eigenvalue weighted by Crippen LogP contribution is -2.01. The minimum atomic E-state index is -1.06. The Morgan fingerprint density at radius 2 is 1.82 bits per heavy atom. The Morgan fingerprint density at radius 3 is 2.32 bits per heavy atom. The molecule has 0 aliphatic rings. The van der Waals surface area contributed by atoms with Crippen molar-refractivity contribution in [2.24, 2.45) is 0 Å². The van der Waals surface area contributed by atoms with E-state index in [0.29, 0.717) is 16.8 Å². The Morgan fingerprint density at radius 1 is 1.18 bits per heavy atom.